The van der Waals surface area contributed by atoms with Gasteiger partial charge >= 0.3 is 0 Å². The molecule has 2 aliphatic heterocycles. The number of anilines is 1. The average molecular weight is 496 g/mol. The van der Waals surface area contributed by atoms with Crippen LogP contribution in [0.4, 0.5) is 5.69 Å². The molecule has 0 unspecified atom stereocenters. The van der Waals surface area contributed by atoms with Gasteiger partial charge in [-0.15, -0.1) is 0 Å². The zero-order valence-corrected chi connectivity index (χ0v) is 23.3. The number of aryl methyl sites for hydroxylation is 1. The van der Waals surface area contributed by atoms with Crippen molar-refractivity contribution in [1.29, 1.82) is 0 Å². The molecule has 0 saturated heterocycles. The van der Waals surface area contributed by atoms with E-state index < -0.39 is 0 Å². The van der Waals surface area contributed by atoms with E-state index in [1.807, 2.05) is 11.3 Å². The second-order valence-electron chi connectivity index (χ2n) is 12.6. The molecule has 3 aromatic carbocycles. The Morgan fingerprint density at radius 3 is 2.31 bits per heavy atom. The average Bonchev–Trinajstić information content (AvgIpc) is 3.17. The van der Waals surface area contributed by atoms with E-state index in [1.54, 1.807) is 11.1 Å². The molecule has 0 bridgehead atoms. The van der Waals surface area contributed by atoms with Gasteiger partial charge in [0.25, 0.3) is 5.01 Å². The fourth-order valence-corrected chi connectivity index (χ4v) is 7.84. The van der Waals surface area contributed by atoms with Crippen molar-refractivity contribution in [2.24, 2.45) is 10.8 Å². The molecule has 0 radical (unpaired) electrons. The fourth-order valence-electron chi connectivity index (χ4n) is 6.62. The summed E-state index contributed by atoms with van der Waals surface area (Å²) in [5.74, 6) is 0. The normalized spacial score (nSPS) is 18.3. The third-order valence-corrected chi connectivity index (χ3v) is 9.16. The number of fused-ring (bicyclic) bond motifs is 3. The van der Waals surface area contributed by atoms with E-state index in [9.17, 15) is 0 Å². The van der Waals surface area contributed by atoms with Gasteiger partial charge in [0.1, 0.15) is 4.70 Å². The molecule has 0 aliphatic carbocycles. The Labute approximate surface area is 220 Å². The van der Waals surface area contributed by atoms with E-state index in [2.05, 4.69) is 105 Å². The summed E-state index contributed by atoms with van der Waals surface area (Å²) in [6.45, 7) is 15.4. The van der Waals surface area contributed by atoms with Crippen molar-refractivity contribution in [3.63, 3.8) is 0 Å². The van der Waals surface area contributed by atoms with Crippen LogP contribution >= 0.6 is 11.3 Å². The molecule has 2 nitrogen and oxygen atoms in total. The summed E-state index contributed by atoms with van der Waals surface area (Å²) >= 11 is 1.94. The molecule has 36 heavy (non-hydrogen) atoms. The highest BCUT2D eigenvalue weighted by molar-refractivity contribution is 7.19. The lowest BCUT2D eigenvalue weighted by atomic mass is 9.73. The third-order valence-electron chi connectivity index (χ3n) is 7.96. The van der Waals surface area contributed by atoms with Crippen molar-refractivity contribution in [2.75, 3.05) is 18.0 Å². The molecule has 1 aromatic heterocycles. The second-order valence-corrected chi connectivity index (χ2v) is 13.7. The summed E-state index contributed by atoms with van der Waals surface area (Å²) in [5, 5.41) is 4.05. The van der Waals surface area contributed by atoms with Crippen molar-refractivity contribution in [2.45, 2.75) is 66.8 Å². The van der Waals surface area contributed by atoms with Crippen LogP contribution in [0, 0.1) is 10.8 Å². The van der Waals surface area contributed by atoms with Gasteiger partial charge in [0.2, 0.25) is 5.52 Å². The first-order valence-electron chi connectivity index (χ1n) is 13.7. The lowest BCUT2D eigenvalue weighted by Gasteiger charge is -2.48. The van der Waals surface area contributed by atoms with Gasteiger partial charge in [-0.05, 0) is 70.0 Å². The van der Waals surface area contributed by atoms with Crippen LogP contribution in [0.5, 0.6) is 0 Å². The van der Waals surface area contributed by atoms with E-state index in [-0.39, 0.29) is 0 Å². The lowest BCUT2D eigenvalue weighted by Crippen LogP contribution is -2.48. The quantitative estimate of drug-likeness (QED) is 0.253. The van der Waals surface area contributed by atoms with E-state index in [1.165, 1.54) is 76.0 Å². The molecule has 186 valence electrons. The zero-order chi connectivity index (χ0) is 25.1. The minimum atomic E-state index is 0.315. The summed E-state index contributed by atoms with van der Waals surface area (Å²) in [4.78, 5) is 2.68. The first kappa shape index (κ1) is 23.7. The molecular formula is C33H39N2S+. The maximum atomic E-state index is 2.68. The van der Waals surface area contributed by atoms with Gasteiger partial charge in [-0.1, -0.05) is 76.6 Å². The van der Waals surface area contributed by atoms with Crippen LogP contribution in [0.25, 0.3) is 33.1 Å². The summed E-state index contributed by atoms with van der Waals surface area (Å²) < 4.78 is 3.95. The topological polar surface area (TPSA) is 7.12 Å². The number of rotatable bonds is 5. The Morgan fingerprint density at radius 2 is 1.61 bits per heavy atom. The molecule has 0 saturated carbocycles. The summed E-state index contributed by atoms with van der Waals surface area (Å²) in [7, 11) is 0. The van der Waals surface area contributed by atoms with E-state index in [0.29, 0.717) is 10.8 Å². The number of unbranched alkanes of at least 4 members (excludes halogenated alkanes) is 1. The monoisotopic (exact) mass is 495 g/mol. The van der Waals surface area contributed by atoms with Gasteiger partial charge < -0.3 is 4.90 Å². The van der Waals surface area contributed by atoms with Gasteiger partial charge in [-0.25, -0.2) is 0 Å². The molecule has 0 spiro atoms. The minimum Gasteiger partial charge on any atom is -0.370 e. The number of benzene rings is 3. The highest BCUT2D eigenvalue weighted by Crippen LogP contribution is 2.45. The zero-order valence-electron chi connectivity index (χ0n) is 22.5. The van der Waals surface area contributed by atoms with Crippen LogP contribution in [-0.2, 0) is 19.4 Å². The maximum absolute atomic E-state index is 2.68. The van der Waals surface area contributed by atoms with Gasteiger partial charge in [-0.2, -0.15) is 4.57 Å². The van der Waals surface area contributed by atoms with Crippen LogP contribution in [0.15, 0.2) is 48.5 Å². The number of aromatic nitrogens is 1. The van der Waals surface area contributed by atoms with Gasteiger partial charge in [-0.3, -0.25) is 0 Å². The highest BCUT2D eigenvalue weighted by atomic mass is 32.1. The Bertz CT molecular complexity index is 1450. The maximum Gasteiger partial charge on any atom is 0.262 e. The van der Waals surface area contributed by atoms with Crippen LogP contribution in [0.2, 0.25) is 0 Å². The van der Waals surface area contributed by atoms with Crippen LogP contribution < -0.4 is 9.47 Å². The molecule has 0 amide bonds. The number of thiazole rings is 1. The lowest BCUT2D eigenvalue weighted by molar-refractivity contribution is -0.669. The van der Waals surface area contributed by atoms with Gasteiger partial charge in [0, 0.05) is 42.7 Å². The molecule has 3 heterocycles. The second kappa shape index (κ2) is 8.73. The van der Waals surface area contributed by atoms with Crippen molar-refractivity contribution in [3.8, 4) is 0 Å². The Kier molecular flexibility index (Phi) is 5.75. The predicted molar refractivity (Wildman–Crippen MR) is 157 cm³/mol. The van der Waals surface area contributed by atoms with Gasteiger partial charge in [0.15, 0.2) is 6.54 Å². The number of nitrogens with zero attached hydrogens (tertiary/aromatic N) is 2. The predicted octanol–water partition coefficient (Wildman–Crippen LogP) is 8.28. The Morgan fingerprint density at radius 1 is 0.917 bits per heavy atom. The van der Waals surface area contributed by atoms with E-state index >= 15 is 0 Å². The minimum absolute atomic E-state index is 0.315. The van der Waals surface area contributed by atoms with Crippen molar-refractivity contribution >= 4 is 50.2 Å². The number of hydrogen-bond acceptors (Lipinski definition) is 2. The highest BCUT2D eigenvalue weighted by Gasteiger charge is 2.38. The molecule has 6 rings (SSSR count). The molecule has 0 N–H and O–H groups in total. The van der Waals surface area contributed by atoms with Crippen molar-refractivity contribution < 1.29 is 4.57 Å². The molecule has 4 aromatic rings. The third kappa shape index (κ3) is 4.26. The first-order valence-corrected chi connectivity index (χ1v) is 14.5. The number of hydrogen-bond donors (Lipinski definition) is 0. The van der Waals surface area contributed by atoms with Crippen LogP contribution in [-0.4, -0.2) is 13.1 Å². The summed E-state index contributed by atoms with van der Waals surface area (Å²) in [6.07, 6.45) is 9.49. The van der Waals surface area contributed by atoms with Gasteiger partial charge in [0.05, 0.1) is 0 Å². The largest absolute Gasteiger partial charge is 0.370 e. The molecule has 0 atom stereocenters. The Balaban J connectivity index is 1.44. The summed E-state index contributed by atoms with van der Waals surface area (Å²) in [5.41, 5.74) is 7.97. The smallest absolute Gasteiger partial charge is 0.262 e. The standard InChI is InChI=1S/C33H39N2S/c1-6-7-16-35-28-14-13-24-10-8-9-11-27(24)31(28)36-29(35)15-12-23-17-25-19-32(2,3)21-34-22-33(4,5)20-26(18-23)30(25)34/h8-15,17-18H,6-7,16,19-22H2,1-5H3/q+1. The SMILES string of the molecule is CCCC[n+]1c(C=Cc2cc3c4c(c2)CC(C)(C)CN4CC(C)(C)C3)sc2c3ccccc3ccc21. The molecular weight excluding hydrogens is 456 g/mol. The van der Waals surface area contributed by atoms with Crippen LogP contribution in [0.1, 0.15) is 69.2 Å². The van der Waals surface area contributed by atoms with Crippen LogP contribution in [0.3, 0.4) is 0 Å². The van der Waals surface area contributed by atoms with E-state index in [4.69, 9.17) is 0 Å². The molecule has 2 aliphatic rings. The van der Waals surface area contributed by atoms with E-state index in [0.717, 1.165) is 6.54 Å². The first-order chi connectivity index (χ1) is 17.2. The Hall–Kier alpha value is -2.65. The molecule has 3 heteroatoms. The van der Waals surface area contributed by atoms with Crippen molar-refractivity contribution in [3.05, 3.63) is 70.2 Å². The fraction of sp³-hybridized carbons (Fsp3) is 0.424. The summed E-state index contributed by atoms with van der Waals surface area (Å²) in [6, 6.07) is 18.4. The molecule has 0 fully saturated rings. The van der Waals surface area contributed by atoms with Crippen molar-refractivity contribution in [1.82, 2.24) is 0 Å².